The first-order valence-corrected chi connectivity index (χ1v) is 17.0. The SMILES string of the molecule is CC(C)(C)C(NC(=O)c1cc2ccccc2[nH]1)C(=O)N1C[C@@H]2C[C@H]1CN2C(=O)[C@H]1COCCN1S(=O)(=O)c1cc(Cl)ccc1Cl. The number of nitrogens with one attached hydrogen (secondary N) is 2. The molecule has 11 nitrogen and oxygen atoms in total. The Balaban J connectivity index is 1.16. The van der Waals surface area contributed by atoms with Gasteiger partial charge in [0.1, 0.15) is 22.7 Å². The number of nitrogens with zero attached hydrogens (tertiary/aromatic N) is 3. The molecule has 0 aliphatic carbocycles. The predicted octanol–water partition coefficient (Wildman–Crippen LogP) is 3.52. The minimum atomic E-state index is -4.16. The highest BCUT2D eigenvalue weighted by Crippen LogP contribution is 2.36. The second-order valence-electron chi connectivity index (χ2n) is 12.8. The van der Waals surface area contributed by atoms with Crippen LogP contribution in [0.3, 0.4) is 0 Å². The van der Waals surface area contributed by atoms with Crippen molar-refractivity contribution >= 4 is 61.8 Å². The number of aromatic amines is 1. The first-order valence-electron chi connectivity index (χ1n) is 14.8. The van der Waals surface area contributed by atoms with Crippen LogP contribution >= 0.6 is 23.2 Å². The molecule has 1 aromatic heterocycles. The molecule has 4 heterocycles. The van der Waals surface area contributed by atoms with E-state index in [9.17, 15) is 22.8 Å². The van der Waals surface area contributed by atoms with Gasteiger partial charge < -0.3 is 24.8 Å². The molecule has 0 radical (unpaired) electrons. The molecule has 14 heteroatoms. The van der Waals surface area contributed by atoms with Gasteiger partial charge in [0.2, 0.25) is 21.8 Å². The van der Waals surface area contributed by atoms with Gasteiger partial charge in [-0.3, -0.25) is 14.4 Å². The summed E-state index contributed by atoms with van der Waals surface area (Å²) in [4.78, 5) is 47.5. The molecule has 3 saturated heterocycles. The first kappa shape index (κ1) is 31.8. The van der Waals surface area contributed by atoms with Crippen LogP contribution in [0.15, 0.2) is 53.4 Å². The lowest BCUT2D eigenvalue weighted by atomic mass is 9.85. The number of ether oxygens (including phenoxy) is 1. The van der Waals surface area contributed by atoms with E-state index in [1.54, 1.807) is 15.9 Å². The van der Waals surface area contributed by atoms with Crippen LogP contribution in [0.5, 0.6) is 0 Å². The fraction of sp³-hybridized carbons (Fsp3) is 0.452. The van der Waals surface area contributed by atoms with E-state index in [0.29, 0.717) is 12.1 Å². The number of piperazine rings is 1. The highest BCUT2D eigenvalue weighted by atomic mass is 35.5. The van der Waals surface area contributed by atoms with E-state index in [4.69, 9.17) is 27.9 Å². The number of para-hydroxylation sites is 1. The lowest BCUT2D eigenvalue weighted by Gasteiger charge is -2.41. The van der Waals surface area contributed by atoms with Crippen LogP contribution < -0.4 is 5.32 Å². The fourth-order valence-electron chi connectivity index (χ4n) is 6.49. The Labute approximate surface area is 271 Å². The van der Waals surface area contributed by atoms with E-state index in [-0.39, 0.29) is 77.6 Å². The number of sulfonamides is 1. The predicted molar refractivity (Wildman–Crippen MR) is 170 cm³/mol. The number of H-pyrrole nitrogens is 1. The minimum absolute atomic E-state index is 0.0107. The van der Waals surface area contributed by atoms with E-state index < -0.39 is 27.5 Å². The minimum Gasteiger partial charge on any atom is -0.378 e. The standard InChI is InChI=1S/C31H35Cl2N5O6S/c1-31(2,3)27(35-28(39)24-12-18-6-4-5-7-23(18)34-24)30(41)37-16-20-14-21(37)15-36(20)29(40)25-17-44-11-10-38(25)45(42,43)26-13-19(32)8-9-22(26)33/h4-9,12-13,20-21,25,27,34H,10-11,14-17H2,1-3H3,(H,35,39)/t20-,21-,25+,27?/m0/s1. The van der Waals surface area contributed by atoms with Crippen molar-refractivity contribution in [2.45, 2.75) is 56.3 Å². The summed E-state index contributed by atoms with van der Waals surface area (Å²) >= 11 is 12.3. The monoisotopic (exact) mass is 675 g/mol. The Bertz CT molecular complexity index is 1740. The quantitative estimate of drug-likeness (QED) is 0.411. The summed E-state index contributed by atoms with van der Waals surface area (Å²) in [6.07, 6.45) is 0.560. The number of halogens is 2. The Kier molecular flexibility index (Phi) is 8.40. The number of carbonyl (C=O) groups is 3. The largest absolute Gasteiger partial charge is 0.378 e. The lowest BCUT2D eigenvalue weighted by Crippen LogP contribution is -2.62. The zero-order valence-corrected chi connectivity index (χ0v) is 27.5. The Morgan fingerprint density at radius 1 is 1.02 bits per heavy atom. The normalized spacial score (nSPS) is 23.0. The van der Waals surface area contributed by atoms with Crippen molar-refractivity contribution < 1.29 is 27.5 Å². The number of fused-ring (bicyclic) bond motifs is 3. The van der Waals surface area contributed by atoms with Crippen LogP contribution in [0.4, 0.5) is 0 Å². The molecule has 6 rings (SSSR count). The lowest BCUT2D eigenvalue weighted by molar-refractivity contribution is -0.146. The topological polar surface area (TPSA) is 132 Å². The number of aromatic nitrogens is 1. The summed E-state index contributed by atoms with van der Waals surface area (Å²) in [5.41, 5.74) is 0.603. The zero-order valence-electron chi connectivity index (χ0n) is 25.1. The van der Waals surface area contributed by atoms with Crippen molar-refractivity contribution in [2.24, 2.45) is 5.41 Å². The molecule has 1 unspecified atom stereocenters. The summed E-state index contributed by atoms with van der Waals surface area (Å²) in [5.74, 6) is -0.970. The van der Waals surface area contributed by atoms with E-state index in [2.05, 4.69) is 10.3 Å². The average Bonchev–Trinajstić information content (AvgIpc) is 3.74. The van der Waals surface area contributed by atoms with Gasteiger partial charge in [-0.05, 0) is 42.2 Å². The third-order valence-corrected chi connectivity index (χ3v) is 11.4. The molecule has 3 aliphatic heterocycles. The van der Waals surface area contributed by atoms with Crippen molar-refractivity contribution in [2.75, 3.05) is 32.8 Å². The van der Waals surface area contributed by atoms with Gasteiger partial charge in [-0.2, -0.15) is 4.31 Å². The van der Waals surface area contributed by atoms with Gasteiger partial charge in [-0.1, -0.05) is 62.2 Å². The molecular weight excluding hydrogens is 641 g/mol. The molecule has 4 atom stereocenters. The maximum atomic E-state index is 14.0. The van der Waals surface area contributed by atoms with Gasteiger partial charge in [-0.15, -0.1) is 0 Å². The Hall–Kier alpha value is -3.16. The molecule has 45 heavy (non-hydrogen) atoms. The summed E-state index contributed by atoms with van der Waals surface area (Å²) in [6.45, 7) is 6.25. The summed E-state index contributed by atoms with van der Waals surface area (Å²) < 4.78 is 34.0. The second-order valence-corrected chi connectivity index (χ2v) is 15.6. The van der Waals surface area contributed by atoms with E-state index in [1.807, 2.05) is 45.0 Å². The molecule has 240 valence electrons. The van der Waals surface area contributed by atoms with Crippen LogP contribution in [-0.4, -0.2) is 102 Å². The van der Waals surface area contributed by atoms with E-state index >= 15 is 0 Å². The van der Waals surface area contributed by atoms with Crippen LogP contribution in [0.1, 0.15) is 37.7 Å². The Morgan fingerprint density at radius 3 is 2.42 bits per heavy atom. The van der Waals surface area contributed by atoms with Crippen molar-refractivity contribution in [3.63, 3.8) is 0 Å². The number of morpholine rings is 1. The van der Waals surface area contributed by atoms with Crippen molar-refractivity contribution in [3.8, 4) is 0 Å². The molecule has 0 spiro atoms. The van der Waals surface area contributed by atoms with Crippen molar-refractivity contribution in [3.05, 3.63) is 64.3 Å². The molecule has 3 fully saturated rings. The number of hydrogen-bond acceptors (Lipinski definition) is 6. The highest BCUT2D eigenvalue weighted by molar-refractivity contribution is 7.89. The molecular formula is C31H35Cl2N5O6S. The van der Waals surface area contributed by atoms with Crippen LogP contribution in [0.2, 0.25) is 10.0 Å². The summed E-state index contributed by atoms with van der Waals surface area (Å²) in [7, 11) is -4.16. The zero-order chi connectivity index (χ0) is 32.3. The fourth-order valence-corrected chi connectivity index (χ4v) is 8.78. The number of benzene rings is 2. The molecule has 3 aliphatic rings. The van der Waals surface area contributed by atoms with Gasteiger partial charge in [0.15, 0.2) is 0 Å². The third-order valence-electron chi connectivity index (χ3n) is 8.81. The van der Waals surface area contributed by atoms with Crippen LogP contribution in [0.25, 0.3) is 10.9 Å². The molecule has 3 aromatic rings. The highest BCUT2D eigenvalue weighted by Gasteiger charge is 2.52. The number of amides is 3. The van der Waals surface area contributed by atoms with E-state index in [1.165, 1.54) is 18.2 Å². The van der Waals surface area contributed by atoms with Crippen molar-refractivity contribution in [1.82, 2.24) is 24.4 Å². The number of hydrogen-bond donors (Lipinski definition) is 2. The van der Waals surface area contributed by atoms with Gasteiger partial charge in [0, 0.05) is 35.6 Å². The van der Waals surface area contributed by atoms with E-state index in [0.717, 1.165) is 15.2 Å². The molecule has 2 N–H and O–H groups in total. The van der Waals surface area contributed by atoms with Gasteiger partial charge in [0.05, 0.1) is 30.3 Å². The Morgan fingerprint density at radius 2 is 1.73 bits per heavy atom. The first-order chi connectivity index (χ1) is 21.3. The summed E-state index contributed by atoms with van der Waals surface area (Å²) in [5, 5.41) is 4.07. The number of rotatable bonds is 6. The van der Waals surface area contributed by atoms with Crippen LogP contribution in [-0.2, 0) is 24.3 Å². The van der Waals surface area contributed by atoms with Gasteiger partial charge in [-0.25, -0.2) is 8.42 Å². The van der Waals surface area contributed by atoms with Gasteiger partial charge >= 0.3 is 0 Å². The average molecular weight is 677 g/mol. The smallest absolute Gasteiger partial charge is 0.268 e. The molecule has 2 bridgehead atoms. The molecule has 3 amide bonds. The second kappa shape index (κ2) is 11.9. The molecule has 0 saturated carbocycles. The number of carbonyl (C=O) groups excluding carboxylic acids is 3. The maximum Gasteiger partial charge on any atom is 0.268 e. The molecule has 2 aromatic carbocycles. The van der Waals surface area contributed by atoms with Crippen molar-refractivity contribution in [1.29, 1.82) is 0 Å². The van der Waals surface area contributed by atoms with Crippen LogP contribution in [0, 0.1) is 5.41 Å². The summed E-state index contributed by atoms with van der Waals surface area (Å²) in [6, 6.07) is 11.0. The maximum absolute atomic E-state index is 14.0. The number of likely N-dealkylation sites (tertiary alicyclic amines) is 2. The van der Waals surface area contributed by atoms with Gasteiger partial charge in [0.25, 0.3) is 5.91 Å². The third kappa shape index (κ3) is 5.94.